The maximum Gasteiger partial charge on any atom is 0.246 e. The SMILES string of the molecule is CNC(=O)C(NC(=O)/C=C/c1cc(Cl)c2c(c1)OCCO2)c1ccc(F)c(F)c1. The third-order valence-corrected chi connectivity index (χ3v) is 4.40. The standard InChI is InChI=1S/C20H17ClF2N2O4/c1-24-20(27)18(12-3-4-14(22)15(23)10-12)25-17(26)5-2-11-8-13(21)19-16(9-11)28-6-7-29-19/h2-5,8-10,18H,6-7H2,1H3,(H,24,27)(H,25,26)/b5-2+. The molecule has 0 spiro atoms. The molecule has 9 heteroatoms. The Balaban J connectivity index is 1.77. The summed E-state index contributed by atoms with van der Waals surface area (Å²) in [6, 6.07) is 5.04. The largest absolute Gasteiger partial charge is 0.486 e. The molecule has 0 radical (unpaired) electrons. The molecule has 0 fully saturated rings. The number of nitrogens with one attached hydrogen (secondary N) is 2. The number of halogens is 3. The Morgan fingerprint density at radius 1 is 1.14 bits per heavy atom. The van der Waals surface area contributed by atoms with Crippen molar-refractivity contribution in [1.29, 1.82) is 0 Å². The monoisotopic (exact) mass is 422 g/mol. The summed E-state index contributed by atoms with van der Waals surface area (Å²) in [4.78, 5) is 24.4. The third-order valence-electron chi connectivity index (χ3n) is 4.12. The molecule has 0 bridgehead atoms. The zero-order chi connectivity index (χ0) is 21.0. The molecule has 0 aliphatic carbocycles. The zero-order valence-corrected chi connectivity index (χ0v) is 16.1. The molecule has 1 aliphatic rings. The molecule has 2 aromatic rings. The third kappa shape index (κ3) is 4.83. The molecule has 3 rings (SSSR count). The predicted molar refractivity (Wildman–Crippen MR) is 103 cm³/mol. The smallest absolute Gasteiger partial charge is 0.246 e. The average Bonchev–Trinajstić information content (AvgIpc) is 2.72. The van der Waals surface area contributed by atoms with Crippen LogP contribution < -0.4 is 20.1 Å². The number of amides is 2. The van der Waals surface area contributed by atoms with E-state index in [1.165, 1.54) is 25.3 Å². The Bertz CT molecular complexity index is 981. The molecule has 0 aromatic heterocycles. The second-order valence-electron chi connectivity index (χ2n) is 6.09. The van der Waals surface area contributed by atoms with Gasteiger partial charge in [0.1, 0.15) is 19.3 Å². The van der Waals surface area contributed by atoms with Crippen LogP contribution in [0.15, 0.2) is 36.4 Å². The Labute approximate surface area is 170 Å². The summed E-state index contributed by atoms with van der Waals surface area (Å²) in [5.74, 6) is -2.46. The van der Waals surface area contributed by atoms with Gasteiger partial charge in [0.25, 0.3) is 0 Å². The first-order valence-corrected chi connectivity index (χ1v) is 9.01. The van der Waals surface area contributed by atoms with Gasteiger partial charge in [-0.25, -0.2) is 8.78 Å². The number of hydrogen-bond acceptors (Lipinski definition) is 4. The highest BCUT2D eigenvalue weighted by Gasteiger charge is 2.22. The maximum absolute atomic E-state index is 13.5. The molecule has 6 nitrogen and oxygen atoms in total. The average molecular weight is 423 g/mol. The van der Waals surface area contributed by atoms with Crippen molar-refractivity contribution in [2.75, 3.05) is 20.3 Å². The quantitative estimate of drug-likeness (QED) is 0.726. The van der Waals surface area contributed by atoms with Crippen molar-refractivity contribution in [3.63, 3.8) is 0 Å². The lowest BCUT2D eigenvalue weighted by atomic mass is 10.1. The fourth-order valence-electron chi connectivity index (χ4n) is 2.73. The predicted octanol–water partition coefficient (Wildman–Crippen LogP) is 3.01. The molecule has 1 heterocycles. The van der Waals surface area contributed by atoms with Gasteiger partial charge < -0.3 is 20.1 Å². The number of ether oxygens (including phenoxy) is 2. The molecular formula is C20H17ClF2N2O4. The van der Waals surface area contributed by atoms with E-state index in [1.807, 2.05) is 0 Å². The molecule has 29 heavy (non-hydrogen) atoms. The van der Waals surface area contributed by atoms with Gasteiger partial charge in [0.2, 0.25) is 11.8 Å². The van der Waals surface area contributed by atoms with Crippen LogP contribution in [0.25, 0.3) is 6.08 Å². The van der Waals surface area contributed by atoms with Gasteiger partial charge in [-0.3, -0.25) is 9.59 Å². The summed E-state index contributed by atoms with van der Waals surface area (Å²) in [7, 11) is 1.37. The van der Waals surface area contributed by atoms with Crippen molar-refractivity contribution >= 4 is 29.5 Å². The van der Waals surface area contributed by atoms with Crippen molar-refractivity contribution in [2.24, 2.45) is 0 Å². The first kappa shape index (κ1) is 20.6. The van der Waals surface area contributed by atoms with Crippen LogP contribution in [0.3, 0.4) is 0 Å². The van der Waals surface area contributed by atoms with Crippen LogP contribution in [-0.2, 0) is 9.59 Å². The van der Waals surface area contributed by atoms with Crippen LogP contribution in [0.1, 0.15) is 17.2 Å². The molecule has 2 aromatic carbocycles. The van der Waals surface area contributed by atoms with E-state index in [1.54, 1.807) is 12.1 Å². The number of carbonyl (C=O) groups excluding carboxylic acids is 2. The zero-order valence-electron chi connectivity index (χ0n) is 15.3. The minimum absolute atomic E-state index is 0.104. The summed E-state index contributed by atoms with van der Waals surface area (Å²) in [6.45, 7) is 0.786. The van der Waals surface area contributed by atoms with Crippen LogP contribution in [0.2, 0.25) is 5.02 Å². The molecule has 2 N–H and O–H groups in total. The summed E-state index contributed by atoms with van der Waals surface area (Å²) >= 11 is 6.16. The number of fused-ring (bicyclic) bond motifs is 1. The number of carbonyl (C=O) groups is 2. The van der Waals surface area contributed by atoms with Gasteiger partial charge in [0.05, 0.1) is 5.02 Å². The normalized spacial score (nSPS) is 13.8. The van der Waals surface area contributed by atoms with Crippen molar-refractivity contribution < 1.29 is 27.8 Å². The number of hydrogen-bond donors (Lipinski definition) is 2. The van der Waals surface area contributed by atoms with E-state index in [0.717, 1.165) is 12.1 Å². The van der Waals surface area contributed by atoms with E-state index in [0.29, 0.717) is 35.3 Å². The van der Waals surface area contributed by atoms with Gasteiger partial charge in [0, 0.05) is 13.1 Å². The second kappa shape index (κ2) is 8.91. The van der Waals surface area contributed by atoms with E-state index < -0.39 is 29.5 Å². The lowest BCUT2D eigenvalue weighted by Gasteiger charge is -2.19. The van der Waals surface area contributed by atoms with Gasteiger partial charge in [-0.15, -0.1) is 0 Å². The Hall–Kier alpha value is -3.13. The minimum Gasteiger partial charge on any atom is -0.486 e. The van der Waals surface area contributed by atoms with Gasteiger partial charge >= 0.3 is 0 Å². The summed E-state index contributed by atoms with van der Waals surface area (Å²) in [6.07, 6.45) is 2.67. The fraction of sp³-hybridized carbons (Fsp3) is 0.200. The highest BCUT2D eigenvalue weighted by Crippen LogP contribution is 2.38. The summed E-state index contributed by atoms with van der Waals surface area (Å²) < 4.78 is 37.6. The lowest BCUT2D eigenvalue weighted by Crippen LogP contribution is -2.38. The van der Waals surface area contributed by atoms with Crippen molar-refractivity contribution in [2.45, 2.75) is 6.04 Å². The Morgan fingerprint density at radius 3 is 2.62 bits per heavy atom. The maximum atomic E-state index is 13.5. The number of likely N-dealkylation sites (N-methyl/N-ethyl adjacent to an activating group) is 1. The summed E-state index contributed by atoms with van der Waals surface area (Å²) in [5, 5.41) is 5.18. The van der Waals surface area contributed by atoms with E-state index in [9.17, 15) is 18.4 Å². The van der Waals surface area contributed by atoms with E-state index in [4.69, 9.17) is 21.1 Å². The van der Waals surface area contributed by atoms with E-state index in [2.05, 4.69) is 10.6 Å². The lowest BCUT2D eigenvalue weighted by molar-refractivity contribution is -0.126. The molecular weight excluding hydrogens is 406 g/mol. The molecule has 0 saturated carbocycles. The number of benzene rings is 2. The molecule has 2 amide bonds. The Morgan fingerprint density at radius 2 is 1.90 bits per heavy atom. The first-order valence-electron chi connectivity index (χ1n) is 8.63. The van der Waals surface area contributed by atoms with Crippen LogP contribution in [0.4, 0.5) is 8.78 Å². The fourth-order valence-corrected chi connectivity index (χ4v) is 3.00. The minimum atomic E-state index is -1.20. The van der Waals surface area contributed by atoms with Crippen molar-refractivity contribution in [1.82, 2.24) is 10.6 Å². The first-order chi connectivity index (χ1) is 13.9. The van der Waals surface area contributed by atoms with Crippen LogP contribution >= 0.6 is 11.6 Å². The van der Waals surface area contributed by atoms with E-state index in [-0.39, 0.29) is 5.56 Å². The van der Waals surface area contributed by atoms with Crippen molar-refractivity contribution in [3.8, 4) is 11.5 Å². The molecule has 1 aliphatic heterocycles. The molecule has 1 unspecified atom stereocenters. The van der Waals surface area contributed by atoms with Crippen LogP contribution in [0.5, 0.6) is 11.5 Å². The molecule has 0 saturated heterocycles. The molecule has 152 valence electrons. The topological polar surface area (TPSA) is 76.7 Å². The van der Waals surface area contributed by atoms with Gasteiger partial charge in [0.15, 0.2) is 23.1 Å². The van der Waals surface area contributed by atoms with Crippen LogP contribution in [0, 0.1) is 11.6 Å². The van der Waals surface area contributed by atoms with Gasteiger partial charge in [-0.1, -0.05) is 17.7 Å². The molecule has 1 atom stereocenters. The van der Waals surface area contributed by atoms with Gasteiger partial charge in [-0.05, 0) is 41.5 Å². The van der Waals surface area contributed by atoms with Crippen LogP contribution in [-0.4, -0.2) is 32.1 Å². The van der Waals surface area contributed by atoms with Gasteiger partial charge in [-0.2, -0.15) is 0 Å². The highest BCUT2D eigenvalue weighted by atomic mass is 35.5. The van der Waals surface area contributed by atoms with Crippen molar-refractivity contribution in [3.05, 3.63) is 64.2 Å². The van der Waals surface area contributed by atoms with E-state index >= 15 is 0 Å². The number of rotatable bonds is 5. The highest BCUT2D eigenvalue weighted by molar-refractivity contribution is 6.32. The second-order valence-corrected chi connectivity index (χ2v) is 6.50. The summed E-state index contributed by atoms with van der Waals surface area (Å²) in [5.41, 5.74) is 0.686. The Kier molecular flexibility index (Phi) is 6.33.